The molecule has 0 aromatic rings. The third-order valence-corrected chi connectivity index (χ3v) is 17.4. The van der Waals surface area contributed by atoms with Crippen LogP contribution in [-0.4, -0.2) is 415 Å². The van der Waals surface area contributed by atoms with Crippen molar-refractivity contribution < 1.29 is 193 Å². The first-order valence-electron chi connectivity index (χ1n) is 30.8. The van der Waals surface area contributed by atoms with Crippen LogP contribution >= 0.6 is 0 Å². The molecule has 39 atom stereocenters. The molecule has 96 heavy (non-hydrogen) atoms. The van der Waals surface area contributed by atoms with Crippen LogP contribution in [0.1, 0.15) is 34.6 Å². The molecule has 0 aromatic heterocycles. The van der Waals surface area contributed by atoms with E-state index in [-0.39, 0.29) is 0 Å². The number of aliphatic hydroxyl groups is 22. The molecule has 7 heterocycles. The van der Waals surface area contributed by atoms with E-state index in [0.717, 1.165) is 20.8 Å². The van der Waals surface area contributed by atoms with Crippen LogP contribution < -0.4 is 16.0 Å². The van der Waals surface area contributed by atoms with Gasteiger partial charge in [0.2, 0.25) is 17.7 Å². The first kappa shape index (κ1) is 80.3. The predicted octanol–water partition coefficient (Wildman–Crippen LogP) is -16.3. The number of ether oxygens (including phenoxy) is 14. The van der Waals surface area contributed by atoms with Gasteiger partial charge < -0.3 is 195 Å². The van der Waals surface area contributed by atoms with Crippen molar-refractivity contribution in [2.45, 2.75) is 274 Å². The minimum Gasteiger partial charge on any atom is -0.394 e. The Morgan fingerprint density at radius 1 is 0.375 bits per heavy atom. The first-order valence-corrected chi connectivity index (χ1v) is 30.8. The summed E-state index contributed by atoms with van der Waals surface area (Å²) in [6, 6.07) is -5.47. The molecule has 558 valence electrons. The van der Waals surface area contributed by atoms with Crippen LogP contribution in [0.4, 0.5) is 0 Å². The molecule has 0 spiro atoms. The van der Waals surface area contributed by atoms with Crippen molar-refractivity contribution in [1.82, 2.24) is 16.0 Å². The van der Waals surface area contributed by atoms with E-state index in [2.05, 4.69) is 16.0 Å². The van der Waals surface area contributed by atoms with Gasteiger partial charge in [0.25, 0.3) is 0 Å². The van der Waals surface area contributed by atoms with Gasteiger partial charge in [0.1, 0.15) is 177 Å². The van der Waals surface area contributed by atoms with Crippen molar-refractivity contribution in [1.29, 1.82) is 0 Å². The van der Waals surface area contributed by atoms with Gasteiger partial charge in [-0.1, -0.05) is 0 Å². The highest BCUT2D eigenvalue weighted by Crippen LogP contribution is 2.39. The summed E-state index contributed by atoms with van der Waals surface area (Å²) >= 11 is 0. The quantitative estimate of drug-likeness (QED) is 0.0363. The molecule has 42 heteroatoms. The highest BCUT2D eigenvalue weighted by molar-refractivity contribution is 5.74. The molecule has 3 amide bonds. The van der Waals surface area contributed by atoms with Crippen molar-refractivity contribution in [2.24, 2.45) is 0 Å². The second-order valence-electron chi connectivity index (χ2n) is 24.4. The molecule has 7 saturated heterocycles. The Morgan fingerprint density at radius 3 is 1.20 bits per heavy atom. The monoisotopic (exact) mass is 1410 g/mol. The third-order valence-electron chi connectivity index (χ3n) is 17.4. The normalized spacial score (nSPS) is 46.8. The summed E-state index contributed by atoms with van der Waals surface area (Å²) in [6.07, 6.45) is -71.8. The van der Waals surface area contributed by atoms with Gasteiger partial charge in [-0.2, -0.15) is 0 Å². The lowest BCUT2D eigenvalue weighted by atomic mass is 9.94. The Labute approximate surface area is 545 Å². The van der Waals surface area contributed by atoms with Crippen molar-refractivity contribution in [3.63, 3.8) is 0 Å². The molecule has 7 fully saturated rings. The molecule has 25 N–H and O–H groups in total. The lowest BCUT2D eigenvalue weighted by Crippen LogP contribution is -2.70. The van der Waals surface area contributed by atoms with E-state index < -0.39 is 303 Å². The van der Waals surface area contributed by atoms with Crippen LogP contribution in [0, 0.1) is 0 Å². The molecule has 7 aliphatic rings. The zero-order chi connectivity index (χ0) is 71.2. The predicted molar refractivity (Wildman–Crippen MR) is 299 cm³/mol. The summed E-state index contributed by atoms with van der Waals surface area (Å²) in [7, 11) is 0. The third kappa shape index (κ3) is 18.1. The minimum absolute atomic E-state index is 0.836. The average Bonchev–Trinajstić information content (AvgIpc) is 0.772. The largest absolute Gasteiger partial charge is 0.394 e. The average molecular weight is 1410 g/mol. The number of rotatable bonds is 27. The van der Waals surface area contributed by atoms with Gasteiger partial charge in [-0.05, 0) is 13.8 Å². The smallest absolute Gasteiger partial charge is 0.217 e. The van der Waals surface area contributed by atoms with Crippen LogP contribution in [0.3, 0.4) is 0 Å². The SMILES string of the molecule is CC(=O)N[C@H]1[C@H](OC[C@@H](O)[C@H](O)[C@H](O[C@@H]2O[C@H](CO)[C@H](O)[C@H](O[C@H]3O[C@H](CO)[C@H](O)[C@H](O)[C@H]3NC(C)=O)[C@H]2O[C@@H]2O[C@@H](C)[C@@H](O)[C@@H](O)[C@@H]2O)[C@H](CO)NC(C)=O)O[C@H](CO)[C@@H](O[C@@H]2O[C@H](CO)[C@H](O)[C@H](O[C@H]3O[C@H](CO)[C@H](O)[C@H](O)[C@H]3O)[C@H]2O[C@@H]2O[C@@H](C)[C@@H](O)[C@@H](O)[C@@H]2O)[C@@H]1O. The standard InChI is InChI=1S/C54H93N3O39/c1-13-27(68)36(77)39(80)50(84-13)95-46-44(93-49-25(56-16(4)65)34(75)30(71)20(7-59)86-49)32(73)22(9-61)88-53(46)91-42(18(6-58)55-15(3)64)29(70)19(67)12-83-48-26(57-17(5)66)35(76)43(24(11-63)90-48)92-54-47(96-51-40(81)37(78)28(69)14(2)85-51)45(33(74)23(10-62)89-54)94-52-41(82)38(79)31(72)21(8-60)87-52/h13-14,18-54,58-63,67-82H,6-12H2,1-5H3,(H,55,64)(H,56,65)(H,57,66)/t13-,14-,18-,19+,20+,21+,22+,23+,24+,25+,26+,27+,28+,29-,30-,31-,32-,33-,34+,35+,36+,37+,38-,39-,40-,41+,42+,43+,44-,45-,46+,47+,48+,49+,50-,51-,52+,53-,54-/m0/s1. The summed E-state index contributed by atoms with van der Waals surface area (Å²) in [5, 5.41) is 248. The highest BCUT2D eigenvalue weighted by atomic mass is 16.8. The maximum absolute atomic E-state index is 12.9. The Bertz CT molecular complexity index is 2420. The van der Waals surface area contributed by atoms with Gasteiger partial charge in [-0.15, -0.1) is 0 Å². The summed E-state index contributed by atoms with van der Waals surface area (Å²) in [6.45, 7) is -2.25. The zero-order valence-electron chi connectivity index (χ0n) is 52.2. The Balaban J connectivity index is 1.19. The van der Waals surface area contributed by atoms with E-state index in [9.17, 15) is 127 Å². The van der Waals surface area contributed by atoms with E-state index in [1.54, 1.807) is 0 Å². The number of carbonyl (C=O) groups is 3. The topological polar surface area (TPSA) is 662 Å². The van der Waals surface area contributed by atoms with Gasteiger partial charge >= 0.3 is 0 Å². The molecular formula is C54H93N3O39. The number of amides is 3. The van der Waals surface area contributed by atoms with Crippen LogP contribution in [-0.2, 0) is 80.7 Å². The van der Waals surface area contributed by atoms with E-state index in [0.29, 0.717) is 0 Å². The lowest BCUT2D eigenvalue weighted by molar-refractivity contribution is -0.402. The fourth-order valence-electron chi connectivity index (χ4n) is 12.0. The van der Waals surface area contributed by atoms with E-state index in [1.807, 2.05) is 0 Å². The molecule has 0 radical (unpaired) electrons. The van der Waals surface area contributed by atoms with E-state index in [4.69, 9.17) is 66.3 Å². The molecule has 0 unspecified atom stereocenters. The summed E-state index contributed by atoms with van der Waals surface area (Å²) in [5.41, 5.74) is 0. The van der Waals surface area contributed by atoms with Gasteiger partial charge in [0.15, 0.2) is 44.0 Å². The highest BCUT2D eigenvalue weighted by Gasteiger charge is 2.59. The molecule has 42 nitrogen and oxygen atoms in total. The summed E-state index contributed by atoms with van der Waals surface area (Å²) in [5.74, 6) is -2.68. The van der Waals surface area contributed by atoms with E-state index >= 15 is 0 Å². The first-order chi connectivity index (χ1) is 45.3. The summed E-state index contributed by atoms with van der Waals surface area (Å²) in [4.78, 5) is 38.1. The Kier molecular flexibility index (Phi) is 29.5. The van der Waals surface area contributed by atoms with Gasteiger partial charge in [0, 0.05) is 20.8 Å². The number of hydrogen-bond donors (Lipinski definition) is 25. The maximum atomic E-state index is 12.9. The maximum Gasteiger partial charge on any atom is 0.217 e. The van der Waals surface area contributed by atoms with Gasteiger partial charge in [0.05, 0.1) is 64.5 Å². The van der Waals surface area contributed by atoms with Gasteiger partial charge in [-0.3, -0.25) is 14.4 Å². The van der Waals surface area contributed by atoms with Crippen LogP contribution in [0.15, 0.2) is 0 Å². The van der Waals surface area contributed by atoms with Crippen molar-refractivity contribution in [3.8, 4) is 0 Å². The molecule has 0 saturated carbocycles. The van der Waals surface area contributed by atoms with Crippen molar-refractivity contribution >= 4 is 17.7 Å². The van der Waals surface area contributed by atoms with Crippen LogP contribution in [0.25, 0.3) is 0 Å². The molecule has 0 bridgehead atoms. The second kappa shape index (κ2) is 35.2. The van der Waals surface area contributed by atoms with Crippen molar-refractivity contribution in [3.05, 3.63) is 0 Å². The van der Waals surface area contributed by atoms with Gasteiger partial charge in [-0.25, -0.2) is 0 Å². The molecule has 7 aliphatic heterocycles. The summed E-state index contributed by atoms with van der Waals surface area (Å²) < 4.78 is 82.8. The lowest BCUT2D eigenvalue weighted by Gasteiger charge is -2.51. The zero-order valence-corrected chi connectivity index (χ0v) is 52.2. The van der Waals surface area contributed by atoms with E-state index in [1.165, 1.54) is 13.8 Å². The Hall–Kier alpha value is -3.03. The Morgan fingerprint density at radius 2 is 0.740 bits per heavy atom. The number of aliphatic hydroxyl groups excluding tert-OH is 22. The minimum atomic E-state index is -2.48. The van der Waals surface area contributed by atoms with Crippen LogP contribution in [0.5, 0.6) is 0 Å². The fourth-order valence-corrected chi connectivity index (χ4v) is 12.0. The number of carbonyl (C=O) groups excluding carboxylic acids is 3. The fraction of sp³-hybridized carbons (Fsp3) is 0.944. The van der Waals surface area contributed by atoms with Crippen LogP contribution in [0.2, 0.25) is 0 Å². The molecule has 0 aliphatic carbocycles. The molecule has 0 aromatic carbocycles. The number of nitrogens with one attached hydrogen (secondary N) is 3. The molecular weight excluding hydrogens is 1310 g/mol. The van der Waals surface area contributed by atoms with Crippen molar-refractivity contribution in [2.75, 3.05) is 46.2 Å². The second-order valence-corrected chi connectivity index (χ2v) is 24.4. The molecule has 7 rings (SSSR count). The number of hydrogen-bond acceptors (Lipinski definition) is 39.